The number of carboxylic acids is 1. The Hall–Kier alpha value is -4.77. The number of hydrogen-bond donors (Lipinski definition) is 3. The molecule has 2 aromatic carbocycles. The second-order valence-corrected chi connectivity index (χ2v) is 9.32. The summed E-state index contributed by atoms with van der Waals surface area (Å²) in [5, 5.41) is 15.0. The van der Waals surface area contributed by atoms with Crippen molar-refractivity contribution in [2.24, 2.45) is 0 Å². The molecule has 0 atom stereocenters. The van der Waals surface area contributed by atoms with Gasteiger partial charge in [0, 0.05) is 54.6 Å². The normalized spacial score (nSPS) is 13.4. The zero-order chi connectivity index (χ0) is 28.3. The lowest BCUT2D eigenvalue weighted by Gasteiger charge is -2.26. The van der Waals surface area contributed by atoms with Crippen molar-refractivity contribution in [2.75, 3.05) is 6.54 Å². The Balaban J connectivity index is 0.000000411. The first-order valence-corrected chi connectivity index (χ1v) is 12.4. The molecule has 8 nitrogen and oxygen atoms in total. The van der Waals surface area contributed by atoms with Crippen LogP contribution in [0.25, 0.3) is 33.3 Å². The first kappa shape index (κ1) is 26.8. The number of carboxylic acid groups (broad SMARTS) is 1. The number of nitrogens with one attached hydrogen (secondary N) is 2. The average Bonchev–Trinajstić information content (AvgIpc) is 3.41. The summed E-state index contributed by atoms with van der Waals surface area (Å²) in [7, 11) is 0. The fraction of sp³-hybridized carbons (Fsp3) is 0.172. The van der Waals surface area contributed by atoms with E-state index in [1.807, 2.05) is 36.5 Å². The number of aromatic nitrogens is 4. The summed E-state index contributed by atoms with van der Waals surface area (Å²) in [6.45, 7) is 2.85. The maximum atomic E-state index is 12.4. The van der Waals surface area contributed by atoms with E-state index in [-0.39, 0.29) is 5.56 Å². The quantitative estimate of drug-likeness (QED) is 0.286. The summed E-state index contributed by atoms with van der Waals surface area (Å²) in [5.74, 6) is -2.76. The average molecular weight is 548 g/mol. The minimum Gasteiger partial charge on any atom is -0.475 e. The Kier molecular flexibility index (Phi) is 7.47. The molecule has 3 aromatic heterocycles. The molecule has 6 rings (SSSR count). The Labute approximate surface area is 226 Å². The number of fused-ring (bicyclic) bond motifs is 2. The van der Waals surface area contributed by atoms with Crippen molar-refractivity contribution in [1.82, 2.24) is 25.1 Å². The number of rotatable bonds is 4. The van der Waals surface area contributed by atoms with Gasteiger partial charge in [-0.2, -0.15) is 18.3 Å². The van der Waals surface area contributed by atoms with Gasteiger partial charge in [0.1, 0.15) is 0 Å². The van der Waals surface area contributed by atoms with Gasteiger partial charge in [0.2, 0.25) is 0 Å². The van der Waals surface area contributed by atoms with Gasteiger partial charge in [-0.3, -0.25) is 14.8 Å². The molecule has 0 bridgehead atoms. The molecule has 3 N–H and O–H groups in total. The molecule has 40 heavy (non-hydrogen) atoms. The van der Waals surface area contributed by atoms with Gasteiger partial charge in [0.15, 0.2) is 0 Å². The zero-order valence-corrected chi connectivity index (χ0v) is 21.1. The number of aromatic amines is 2. The van der Waals surface area contributed by atoms with Crippen molar-refractivity contribution < 1.29 is 23.1 Å². The summed E-state index contributed by atoms with van der Waals surface area (Å²) >= 11 is 0. The van der Waals surface area contributed by atoms with E-state index in [0.29, 0.717) is 10.9 Å². The molecule has 0 unspecified atom stereocenters. The van der Waals surface area contributed by atoms with Crippen LogP contribution >= 0.6 is 0 Å². The molecule has 0 saturated heterocycles. The minimum absolute atomic E-state index is 0.124. The van der Waals surface area contributed by atoms with Gasteiger partial charge >= 0.3 is 12.1 Å². The van der Waals surface area contributed by atoms with Crippen molar-refractivity contribution in [3.63, 3.8) is 0 Å². The Bertz CT molecular complexity index is 1700. The smallest absolute Gasteiger partial charge is 0.475 e. The maximum Gasteiger partial charge on any atom is 0.490 e. The molecule has 204 valence electrons. The second-order valence-electron chi connectivity index (χ2n) is 9.32. The first-order chi connectivity index (χ1) is 19.2. The topological polar surface area (TPSA) is 115 Å². The number of benzene rings is 2. The highest BCUT2D eigenvalue weighted by atomic mass is 19.4. The number of H-pyrrole nitrogens is 2. The number of alkyl halides is 3. The number of aliphatic carboxylic acids is 1. The predicted octanol–water partition coefficient (Wildman–Crippen LogP) is 5.17. The third-order valence-electron chi connectivity index (χ3n) is 6.59. The molecule has 0 amide bonds. The van der Waals surface area contributed by atoms with Crippen LogP contribution in [0.4, 0.5) is 13.2 Å². The van der Waals surface area contributed by atoms with Gasteiger partial charge in [0.25, 0.3) is 5.56 Å². The minimum atomic E-state index is -5.08. The van der Waals surface area contributed by atoms with Crippen molar-refractivity contribution >= 4 is 16.9 Å². The van der Waals surface area contributed by atoms with Crippen LogP contribution in [0.15, 0.2) is 83.9 Å². The fourth-order valence-corrected chi connectivity index (χ4v) is 4.61. The van der Waals surface area contributed by atoms with Gasteiger partial charge in [-0.25, -0.2) is 9.78 Å². The van der Waals surface area contributed by atoms with Crippen LogP contribution in [0.5, 0.6) is 0 Å². The van der Waals surface area contributed by atoms with E-state index in [4.69, 9.17) is 14.9 Å². The number of carbonyl (C=O) groups is 1. The van der Waals surface area contributed by atoms with E-state index in [1.165, 1.54) is 16.8 Å². The van der Waals surface area contributed by atoms with Gasteiger partial charge in [-0.1, -0.05) is 54.6 Å². The molecule has 0 spiro atoms. The predicted molar refractivity (Wildman–Crippen MR) is 143 cm³/mol. The first-order valence-electron chi connectivity index (χ1n) is 12.4. The van der Waals surface area contributed by atoms with Gasteiger partial charge in [0.05, 0.1) is 22.8 Å². The van der Waals surface area contributed by atoms with Gasteiger partial charge < -0.3 is 10.1 Å². The van der Waals surface area contributed by atoms with Crippen LogP contribution in [0.3, 0.4) is 0 Å². The number of pyridine rings is 2. The van der Waals surface area contributed by atoms with Crippen LogP contribution < -0.4 is 5.56 Å². The lowest BCUT2D eigenvalue weighted by molar-refractivity contribution is -0.192. The standard InChI is InChI=1S/C27H23N5O.C2HF3O2/c33-27-23-14-22(19-4-2-1-3-5-19)26(30-25(23)10-12-28-27)20-8-6-18(7-9-20)16-32-13-11-24-21(17-32)15-29-31-24;3-2(4,5)1(6)7/h1-10,12,14-15H,11,13,16-17H2,(H,28,33)(H,29,31);(H,6,7). The van der Waals surface area contributed by atoms with Crippen LogP contribution in [0, 0.1) is 0 Å². The lowest BCUT2D eigenvalue weighted by atomic mass is 9.97. The van der Waals surface area contributed by atoms with Crippen LogP contribution in [0.2, 0.25) is 0 Å². The third kappa shape index (κ3) is 5.94. The largest absolute Gasteiger partial charge is 0.490 e. The fourth-order valence-electron chi connectivity index (χ4n) is 4.61. The van der Waals surface area contributed by atoms with Crippen LogP contribution in [-0.2, 0) is 24.3 Å². The van der Waals surface area contributed by atoms with Crippen molar-refractivity contribution in [3.05, 3.63) is 106 Å². The van der Waals surface area contributed by atoms with Crippen LogP contribution in [0.1, 0.15) is 16.8 Å². The Morgan fingerprint density at radius 3 is 2.45 bits per heavy atom. The molecule has 5 aromatic rings. The molecular formula is C29H24F3N5O3. The van der Waals surface area contributed by atoms with E-state index in [2.05, 4.69) is 56.5 Å². The second kappa shape index (κ2) is 11.1. The number of hydrogen-bond acceptors (Lipinski definition) is 5. The maximum absolute atomic E-state index is 12.4. The summed E-state index contributed by atoms with van der Waals surface area (Å²) in [6.07, 6.45) is -0.489. The zero-order valence-electron chi connectivity index (χ0n) is 21.1. The molecule has 1 aliphatic rings. The Morgan fingerprint density at radius 2 is 1.75 bits per heavy atom. The van der Waals surface area contributed by atoms with E-state index in [0.717, 1.165) is 48.4 Å². The van der Waals surface area contributed by atoms with E-state index < -0.39 is 12.1 Å². The highest BCUT2D eigenvalue weighted by Gasteiger charge is 2.38. The van der Waals surface area contributed by atoms with Crippen LogP contribution in [-0.4, -0.2) is 48.9 Å². The van der Waals surface area contributed by atoms with Crippen molar-refractivity contribution in [2.45, 2.75) is 25.7 Å². The highest BCUT2D eigenvalue weighted by molar-refractivity contribution is 5.91. The molecular weight excluding hydrogens is 523 g/mol. The van der Waals surface area contributed by atoms with Gasteiger partial charge in [-0.05, 0) is 23.3 Å². The summed E-state index contributed by atoms with van der Waals surface area (Å²) in [5.41, 5.74) is 8.31. The monoisotopic (exact) mass is 547 g/mol. The van der Waals surface area contributed by atoms with Crippen molar-refractivity contribution in [1.29, 1.82) is 0 Å². The van der Waals surface area contributed by atoms with Crippen molar-refractivity contribution in [3.8, 4) is 22.4 Å². The number of halogens is 3. The summed E-state index contributed by atoms with van der Waals surface area (Å²) < 4.78 is 31.7. The lowest BCUT2D eigenvalue weighted by Crippen LogP contribution is -2.29. The Morgan fingerprint density at radius 1 is 1.02 bits per heavy atom. The van der Waals surface area contributed by atoms with E-state index in [9.17, 15) is 18.0 Å². The molecule has 0 aliphatic carbocycles. The molecule has 4 heterocycles. The van der Waals surface area contributed by atoms with E-state index >= 15 is 0 Å². The summed E-state index contributed by atoms with van der Waals surface area (Å²) in [6, 6.07) is 22.5. The molecule has 0 radical (unpaired) electrons. The third-order valence-corrected chi connectivity index (χ3v) is 6.59. The molecule has 1 aliphatic heterocycles. The SMILES string of the molecule is O=C(O)C(F)(F)F.O=c1[nH]ccc2nc(-c3ccc(CN4CCc5[nH]ncc5C4)cc3)c(-c3ccccc3)cc12. The van der Waals surface area contributed by atoms with Gasteiger partial charge in [-0.15, -0.1) is 0 Å². The highest BCUT2D eigenvalue weighted by Crippen LogP contribution is 2.33. The number of nitrogens with zero attached hydrogens (tertiary/aromatic N) is 3. The molecule has 0 fully saturated rings. The molecule has 11 heteroatoms. The summed E-state index contributed by atoms with van der Waals surface area (Å²) in [4.78, 5) is 31.4. The van der Waals surface area contributed by atoms with E-state index in [1.54, 1.807) is 6.20 Å². The molecule has 0 saturated carbocycles.